The quantitative estimate of drug-likeness (QED) is 0.438. The molecule has 0 saturated carbocycles. The van der Waals surface area contributed by atoms with Crippen molar-refractivity contribution in [3.8, 4) is 0 Å². The minimum absolute atomic E-state index is 0.0137. The standard InChI is InChI=1S/C16H16N2O4S/c1-12(19)22-16(11-23-10-13-6-8-17-9-7-13)14-2-4-15(5-3-14)18(20)21/h2-9,16H,10-11H2,1H3. The number of carbonyl (C=O) groups excluding carboxylic acids is 1. The average molecular weight is 332 g/mol. The Balaban J connectivity index is 2.01. The van der Waals surface area contributed by atoms with Gasteiger partial charge >= 0.3 is 5.97 Å². The SMILES string of the molecule is CC(=O)OC(CSCc1ccncc1)c1ccc([N+](=O)[O-])cc1. The number of nitro benzene ring substituents is 1. The van der Waals surface area contributed by atoms with Crippen LogP contribution in [0.5, 0.6) is 0 Å². The summed E-state index contributed by atoms with van der Waals surface area (Å²) in [4.78, 5) is 25.5. The molecule has 0 spiro atoms. The van der Waals surface area contributed by atoms with Crippen molar-refractivity contribution in [2.45, 2.75) is 18.8 Å². The largest absolute Gasteiger partial charge is 0.457 e. The number of esters is 1. The highest BCUT2D eigenvalue weighted by Crippen LogP contribution is 2.26. The first-order valence-corrected chi connectivity index (χ1v) is 8.10. The number of thioether (sulfide) groups is 1. The number of pyridine rings is 1. The maximum absolute atomic E-state index is 11.3. The van der Waals surface area contributed by atoms with E-state index in [0.717, 1.165) is 16.9 Å². The minimum atomic E-state index is -0.456. The predicted octanol–water partition coefficient (Wildman–Crippen LogP) is 3.53. The van der Waals surface area contributed by atoms with Crippen LogP contribution in [0.2, 0.25) is 0 Å². The van der Waals surface area contributed by atoms with Crippen molar-refractivity contribution in [2.75, 3.05) is 5.75 Å². The van der Waals surface area contributed by atoms with E-state index in [1.807, 2.05) is 12.1 Å². The molecule has 1 aromatic carbocycles. The van der Waals surface area contributed by atoms with E-state index in [1.54, 1.807) is 36.3 Å². The number of benzene rings is 1. The van der Waals surface area contributed by atoms with Gasteiger partial charge in [0.25, 0.3) is 5.69 Å². The van der Waals surface area contributed by atoms with Crippen LogP contribution in [0.1, 0.15) is 24.2 Å². The topological polar surface area (TPSA) is 82.3 Å². The zero-order valence-corrected chi connectivity index (χ0v) is 13.4. The van der Waals surface area contributed by atoms with E-state index in [4.69, 9.17) is 4.74 Å². The van der Waals surface area contributed by atoms with Crippen LogP contribution in [-0.4, -0.2) is 21.6 Å². The number of non-ortho nitro benzene ring substituents is 1. The van der Waals surface area contributed by atoms with Crippen molar-refractivity contribution < 1.29 is 14.5 Å². The molecule has 0 aliphatic heterocycles. The molecule has 0 amide bonds. The molecule has 0 saturated heterocycles. The highest BCUT2D eigenvalue weighted by Gasteiger charge is 2.16. The first-order valence-electron chi connectivity index (χ1n) is 6.94. The second-order valence-corrected chi connectivity index (χ2v) is 5.85. The molecule has 1 unspecified atom stereocenters. The van der Waals surface area contributed by atoms with E-state index in [2.05, 4.69) is 4.98 Å². The van der Waals surface area contributed by atoms with Gasteiger partial charge in [0.15, 0.2) is 0 Å². The van der Waals surface area contributed by atoms with Crippen LogP contribution in [0.3, 0.4) is 0 Å². The number of nitrogens with zero attached hydrogens (tertiary/aromatic N) is 2. The van der Waals surface area contributed by atoms with Gasteiger partial charge in [-0.25, -0.2) is 0 Å². The summed E-state index contributed by atoms with van der Waals surface area (Å²) in [5.74, 6) is 0.963. The molecule has 2 rings (SSSR count). The number of aromatic nitrogens is 1. The van der Waals surface area contributed by atoms with E-state index in [-0.39, 0.29) is 11.7 Å². The zero-order valence-electron chi connectivity index (χ0n) is 12.5. The van der Waals surface area contributed by atoms with Crippen molar-refractivity contribution >= 4 is 23.4 Å². The number of hydrogen-bond acceptors (Lipinski definition) is 6. The summed E-state index contributed by atoms with van der Waals surface area (Å²) in [6.07, 6.45) is 3.03. The molecule has 7 heteroatoms. The Hall–Kier alpha value is -2.41. The summed E-state index contributed by atoms with van der Waals surface area (Å²) in [7, 11) is 0. The summed E-state index contributed by atoms with van der Waals surface area (Å²) in [5, 5.41) is 10.7. The fourth-order valence-electron chi connectivity index (χ4n) is 1.97. The lowest BCUT2D eigenvalue weighted by atomic mass is 10.1. The number of ether oxygens (including phenoxy) is 1. The van der Waals surface area contributed by atoms with Gasteiger partial charge in [0.2, 0.25) is 0 Å². The van der Waals surface area contributed by atoms with E-state index in [0.29, 0.717) is 5.75 Å². The van der Waals surface area contributed by atoms with Crippen LogP contribution in [0.25, 0.3) is 0 Å². The molecular weight excluding hydrogens is 316 g/mol. The highest BCUT2D eigenvalue weighted by molar-refractivity contribution is 7.98. The van der Waals surface area contributed by atoms with E-state index in [9.17, 15) is 14.9 Å². The lowest BCUT2D eigenvalue weighted by Crippen LogP contribution is -2.11. The van der Waals surface area contributed by atoms with Gasteiger partial charge in [-0.2, -0.15) is 11.8 Å². The van der Waals surface area contributed by atoms with Gasteiger partial charge in [0.1, 0.15) is 6.10 Å². The van der Waals surface area contributed by atoms with Crippen LogP contribution in [0.4, 0.5) is 5.69 Å². The second kappa shape index (κ2) is 8.28. The van der Waals surface area contributed by atoms with Crippen molar-refractivity contribution in [1.29, 1.82) is 0 Å². The third-order valence-electron chi connectivity index (χ3n) is 3.07. The van der Waals surface area contributed by atoms with Gasteiger partial charge in [0, 0.05) is 43.0 Å². The highest BCUT2D eigenvalue weighted by atomic mass is 32.2. The van der Waals surface area contributed by atoms with E-state index < -0.39 is 11.0 Å². The Labute approximate surface area is 138 Å². The Morgan fingerprint density at radius 1 is 1.26 bits per heavy atom. The van der Waals surface area contributed by atoms with Crippen molar-refractivity contribution in [3.05, 3.63) is 70.0 Å². The Kier molecular flexibility index (Phi) is 6.10. The fourth-order valence-corrected chi connectivity index (χ4v) is 2.99. The molecule has 120 valence electrons. The first kappa shape index (κ1) is 17.0. The molecule has 1 heterocycles. The van der Waals surface area contributed by atoms with Gasteiger partial charge in [-0.05, 0) is 35.4 Å². The molecule has 0 N–H and O–H groups in total. The van der Waals surface area contributed by atoms with Gasteiger partial charge in [0.05, 0.1) is 4.92 Å². The third kappa shape index (κ3) is 5.37. The summed E-state index contributed by atoms with van der Waals surface area (Å²) >= 11 is 1.62. The predicted molar refractivity (Wildman–Crippen MR) is 88.0 cm³/mol. The van der Waals surface area contributed by atoms with Crippen LogP contribution >= 0.6 is 11.8 Å². The van der Waals surface area contributed by atoms with E-state index >= 15 is 0 Å². The van der Waals surface area contributed by atoms with Crippen LogP contribution < -0.4 is 0 Å². The molecule has 2 aromatic rings. The molecule has 0 radical (unpaired) electrons. The fraction of sp³-hybridized carbons (Fsp3) is 0.250. The van der Waals surface area contributed by atoms with Crippen molar-refractivity contribution in [1.82, 2.24) is 4.98 Å². The summed E-state index contributed by atoms with van der Waals surface area (Å²) < 4.78 is 5.33. The monoisotopic (exact) mass is 332 g/mol. The van der Waals surface area contributed by atoms with Gasteiger partial charge in [-0.15, -0.1) is 0 Å². The molecule has 1 aromatic heterocycles. The smallest absolute Gasteiger partial charge is 0.303 e. The van der Waals surface area contributed by atoms with Crippen molar-refractivity contribution in [3.63, 3.8) is 0 Å². The normalized spacial score (nSPS) is 11.7. The molecular formula is C16H16N2O4S. The zero-order chi connectivity index (χ0) is 16.7. The Morgan fingerprint density at radius 2 is 1.91 bits per heavy atom. The van der Waals surface area contributed by atoms with Gasteiger partial charge < -0.3 is 4.74 Å². The molecule has 0 fully saturated rings. The Bertz CT molecular complexity index is 662. The molecule has 0 aliphatic rings. The Morgan fingerprint density at radius 3 is 2.48 bits per heavy atom. The lowest BCUT2D eigenvalue weighted by molar-refractivity contribution is -0.384. The summed E-state index contributed by atoms with van der Waals surface area (Å²) in [5.41, 5.74) is 1.89. The lowest BCUT2D eigenvalue weighted by Gasteiger charge is -2.17. The molecule has 1 atom stereocenters. The van der Waals surface area contributed by atoms with Crippen LogP contribution in [-0.2, 0) is 15.3 Å². The molecule has 6 nitrogen and oxygen atoms in total. The minimum Gasteiger partial charge on any atom is -0.457 e. The number of carbonyl (C=O) groups is 1. The molecule has 0 bridgehead atoms. The van der Waals surface area contributed by atoms with Gasteiger partial charge in [-0.3, -0.25) is 19.9 Å². The number of hydrogen-bond donors (Lipinski definition) is 0. The molecule has 23 heavy (non-hydrogen) atoms. The average Bonchev–Trinajstić information content (AvgIpc) is 2.54. The van der Waals surface area contributed by atoms with E-state index in [1.165, 1.54) is 19.1 Å². The maximum atomic E-state index is 11.3. The second-order valence-electron chi connectivity index (χ2n) is 4.82. The van der Waals surface area contributed by atoms with Crippen molar-refractivity contribution in [2.24, 2.45) is 0 Å². The van der Waals surface area contributed by atoms with Crippen LogP contribution in [0, 0.1) is 10.1 Å². The number of rotatable bonds is 7. The third-order valence-corrected chi connectivity index (χ3v) is 4.15. The number of nitro groups is 1. The summed E-state index contributed by atoms with van der Waals surface area (Å²) in [6.45, 7) is 1.35. The summed E-state index contributed by atoms with van der Waals surface area (Å²) in [6, 6.07) is 9.94. The van der Waals surface area contributed by atoms with Gasteiger partial charge in [-0.1, -0.05) is 0 Å². The van der Waals surface area contributed by atoms with Crippen LogP contribution in [0.15, 0.2) is 48.8 Å². The first-order chi connectivity index (χ1) is 11.1. The maximum Gasteiger partial charge on any atom is 0.303 e. The molecule has 0 aliphatic carbocycles.